The largest absolute Gasteiger partial charge is 0.305 e. The molecule has 2 aliphatic rings. The van der Waals surface area contributed by atoms with Crippen LogP contribution in [0, 0.1) is 24.3 Å². The molecular weight excluding hydrogens is 1810 g/mol. The first-order chi connectivity index (χ1) is 41.9. The fourth-order valence-corrected chi connectivity index (χ4v) is 10.3. The second-order valence-corrected chi connectivity index (χ2v) is 24.0. The Balaban J connectivity index is 0.000000168. The molecule has 4 nitrogen and oxygen atoms in total. The van der Waals surface area contributed by atoms with Crippen LogP contribution in [0.25, 0.3) is 89.5 Å². The Labute approximate surface area is 588 Å². The molecule has 4 aromatic heterocycles. The molecule has 460 valence electrons. The Bertz CT molecular complexity index is 4130. The summed E-state index contributed by atoms with van der Waals surface area (Å²) in [6.45, 7) is 13.4. The van der Waals surface area contributed by atoms with Gasteiger partial charge in [-0.1, -0.05) is 199 Å². The molecule has 90 heavy (non-hydrogen) atoms. The third-order valence-electron chi connectivity index (χ3n) is 16.1. The number of hydrogen-bond donors (Lipinski definition) is 0. The first-order valence-corrected chi connectivity index (χ1v) is 30.1. The van der Waals surface area contributed by atoms with Crippen LogP contribution < -0.4 is 0 Å². The minimum atomic E-state index is 0. The molecule has 2 saturated carbocycles. The van der Waals surface area contributed by atoms with Gasteiger partial charge in [-0.05, 0) is 128 Å². The maximum Gasteiger partial charge on any atom is 0.0198 e. The van der Waals surface area contributed by atoms with Gasteiger partial charge in [0.05, 0.1) is 0 Å². The maximum atomic E-state index is 4.62. The number of hydrogen-bond acceptors (Lipinski definition) is 4. The monoisotopic (exact) mass is 1880 g/mol. The van der Waals surface area contributed by atoms with Crippen LogP contribution in [0.3, 0.4) is 0 Å². The molecule has 0 spiro atoms. The van der Waals surface area contributed by atoms with Crippen molar-refractivity contribution >= 4 is 0 Å². The molecule has 0 bridgehead atoms. The van der Waals surface area contributed by atoms with Gasteiger partial charge in [-0.2, -0.15) is 0 Å². The van der Waals surface area contributed by atoms with Gasteiger partial charge < -0.3 is 19.9 Å². The molecule has 0 unspecified atom stereocenters. The molecule has 8 aromatic carbocycles. The smallest absolute Gasteiger partial charge is 0.0198 e. The molecular formula is C82H72Ir4N4-4. The molecule has 12 aromatic rings. The molecule has 4 radical (unpaired) electrons. The van der Waals surface area contributed by atoms with Crippen molar-refractivity contribution in [2.45, 2.75) is 89.9 Å². The molecule has 0 saturated heterocycles. The van der Waals surface area contributed by atoms with Gasteiger partial charge in [0.2, 0.25) is 0 Å². The topological polar surface area (TPSA) is 51.6 Å². The zero-order valence-corrected chi connectivity index (χ0v) is 61.1. The van der Waals surface area contributed by atoms with Gasteiger partial charge in [0.25, 0.3) is 0 Å². The molecule has 0 atom stereocenters. The fraction of sp³-hybridized carbons (Fsp3) is 0.171. The number of nitrogens with zero attached hydrogens (tertiary/aromatic N) is 4. The Kier molecular flexibility index (Phi) is 26.1. The van der Waals surface area contributed by atoms with Gasteiger partial charge in [0.1, 0.15) is 0 Å². The van der Waals surface area contributed by atoms with Crippen LogP contribution >= 0.6 is 0 Å². The molecule has 14 rings (SSSR count). The Hall–Kier alpha value is -7.04. The van der Waals surface area contributed by atoms with Crippen LogP contribution in [-0.4, -0.2) is 19.9 Å². The van der Waals surface area contributed by atoms with Gasteiger partial charge in [-0.25, -0.2) is 0 Å². The van der Waals surface area contributed by atoms with Crippen molar-refractivity contribution in [2.24, 2.45) is 0 Å². The Morgan fingerprint density at radius 3 is 1.20 bits per heavy atom. The van der Waals surface area contributed by atoms with E-state index in [0.717, 1.165) is 50.9 Å². The fourth-order valence-electron chi connectivity index (χ4n) is 10.3. The van der Waals surface area contributed by atoms with Crippen molar-refractivity contribution < 1.29 is 80.4 Å². The van der Waals surface area contributed by atoms with E-state index in [1.54, 1.807) is 0 Å². The van der Waals surface area contributed by atoms with Gasteiger partial charge in [0.15, 0.2) is 0 Å². The summed E-state index contributed by atoms with van der Waals surface area (Å²) in [5.74, 6) is 1.32. The minimum Gasteiger partial charge on any atom is -0.305 e. The van der Waals surface area contributed by atoms with E-state index in [1.807, 2.05) is 85.5 Å². The first-order valence-electron chi connectivity index (χ1n) is 30.1. The number of benzene rings is 8. The zero-order valence-electron chi connectivity index (χ0n) is 51.5. The van der Waals surface area contributed by atoms with Crippen molar-refractivity contribution in [3.8, 4) is 89.5 Å². The summed E-state index contributed by atoms with van der Waals surface area (Å²) in [6.07, 6.45) is 12.8. The normalized spacial score (nSPS) is 12.4. The van der Waals surface area contributed by atoms with Crippen LogP contribution in [-0.2, 0) is 91.3 Å². The number of rotatable bonds is 11. The summed E-state index contributed by atoms with van der Waals surface area (Å²) in [6, 6.07) is 97.1. The van der Waals surface area contributed by atoms with Crippen LogP contribution in [0.2, 0.25) is 0 Å². The zero-order chi connectivity index (χ0) is 59.3. The quantitative estimate of drug-likeness (QED) is 0.121. The van der Waals surface area contributed by atoms with Gasteiger partial charge in [0, 0.05) is 105 Å². The standard InChI is InChI=1S/C21H18N.C21H20N.C20H16N.C20H18N.4Ir/c1-21(11-12-21)19-10-13-22-20(15-19)18-9-5-8-17(14-18)16-6-3-2-4-7-16;1-21(2,3)19-12-13-20(22-15-19)18-11-7-10-17(14-18)16-8-5-4-6-9-16;1-2-5-15(6-3-1)17-7-4-8-19(13-17)20-14-18(11-12-21-20)16-9-10-16;1-15(2)16-9-11-17(12-10-16)18-6-5-7-19(14-18)20-8-3-4-13-21-20;;;;/h2-8,10,13-15H,11-12H2,1H3;4-10,12-15H,1-3H3;1-7,11-14,16H,9-10H2;3-6,8-15H,1-2H3;;;;/q4*-1;;;;. The van der Waals surface area contributed by atoms with Crippen molar-refractivity contribution in [2.75, 3.05) is 0 Å². The maximum absolute atomic E-state index is 4.62. The average Bonchev–Trinajstić information content (AvgIpc) is 2.03. The predicted molar refractivity (Wildman–Crippen MR) is 357 cm³/mol. The predicted octanol–water partition coefficient (Wildman–Crippen LogP) is 21.2. The first kappa shape index (κ1) is 70.4. The average molecular weight is 1880 g/mol. The van der Waals surface area contributed by atoms with E-state index in [0.29, 0.717) is 11.3 Å². The van der Waals surface area contributed by atoms with Gasteiger partial charge in [-0.15, -0.1) is 142 Å². The summed E-state index contributed by atoms with van der Waals surface area (Å²) in [5, 5.41) is 0. The van der Waals surface area contributed by atoms with E-state index in [1.165, 1.54) is 92.4 Å². The summed E-state index contributed by atoms with van der Waals surface area (Å²) in [4.78, 5) is 18.1. The molecule has 0 N–H and O–H groups in total. The molecule has 0 aliphatic heterocycles. The summed E-state index contributed by atoms with van der Waals surface area (Å²) < 4.78 is 0. The van der Waals surface area contributed by atoms with Gasteiger partial charge in [-0.3, -0.25) is 0 Å². The molecule has 0 amide bonds. The summed E-state index contributed by atoms with van der Waals surface area (Å²) in [5.41, 5.74) is 23.8. The minimum absolute atomic E-state index is 0. The summed E-state index contributed by atoms with van der Waals surface area (Å²) >= 11 is 0. The van der Waals surface area contributed by atoms with Crippen LogP contribution in [0.1, 0.15) is 101 Å². The third kappa shape index (κ3) is 19.0. The SMILES string of the molecule is CC(C)(C)c1ccc(-c2[c-]ccc(-c3ccccc3)c2)nc1.CC(C)c1ccc(-c2cc[c-]c(-c3ccccn3)c2)cc1.CC1(c2ccnc(-c3[c-]ccc(-c4ccccc4)c3)c2)CC1.[Ir].[Ir].[Ir].[Ir].[c-]1ccc(-c2ccccc2)cc1-c1cc(C2CC2)ccn1. The van der Waals surface area contributed by atoms with Crippen molar-refractivity contribution in [1.82, 2.24) is 19.9 Å². The van der Waals surface area contributed by atoms with Crippen molar-refractivity contribution in [3.63, 3.8) is 0 Å². The second kappa shape index (κ2) is 33.3. The van der Waals surface area contributed by atoms with Crippen LogP contribution in [0.4, 0.5) is 0 Å². The van der Waals surface area contributed by atoms with E-state index in [9.17, 15) is 0 Å². The Morgan fingerprint density at radius 1 is 0.389 bits per heavy atom. The van der Waals surface area contributed by atoms with Crippen LogP contribution in [0.5, 0.6) is 0 Å². The van der Waals surface area contributed by atoms with Gasteiger partial charge >= 0.3 is 0 Å². The van der Waals surface area contributed by atoms with Crippen LogP contribution in [0.15, 0.2) is 267 Å². The Morgan fingerprint density at radius 2 is 0.800 bits per heavy atom. The molecule has 2 aliphatic carbocycles. The van der Waals surface area contributed by atoms with Crippen molar-refractivity contribution in [3.05, 3.63) is 314 Å². The van der Waals surface area contributed by atoms with E-state index in [4.69, 9.17) is 0 Å². The number of aromatic nitrogens is 4. The summed E-state index contributed by atoms with van der Waals surface area (Å²) in [7, 11) is 0. The van der Waals surface area contributed by atoms with E-state index < -0.39 is 0 Å². The molecule has 8 heteroatoms. The third-order valence-corrected chi connectivity index (χ3v) is 16.1. The molecule has 4 heterocycles. The van der Waals surface area contributed by atoms with E-state index in [2.05, 4.69) is 268 Å². The second-order valence-electron chi connectivity index (χ2n) is 24.0. The molecule has 2 fully saturated rings. The van der Waals surface area contributed by atoms with E-state index >= 15 is 0 Å². The number of pyridine rings is 4. The van der Waals surface area contributed by atoms with E-state index in [-0.39, 0.29) is 85.8 Å². The van der Waals surface area contributed by atoms with Crippen molar-refractivity contribution in [1.29, 1.82) is 0 Å².